The van der Waals surface area contributed by atoms with Crippen LogP contribution in [0.3, 0.4) is 0 Å². The Morgan fingerprint density at radius 2 is 1.75 bits per heavy atom. The highest BCUT2D eigenvalue weighted by molar-refractivity contribution is 5.87. The second-order valence-corrected chi connectivity index (χ2v) is 6.33. The number of hydrogen-bond donors (Lipinski definition) is 2. The van der Waals surface area contributed by atoms with Crippen LogP contribution in [0.1, 0.15) is 40.2 Å². The molecule has 1 aromatic rings. The predicted octanol–water partition coefficient (Wildman–Crippen LogP) is 2.63. The normalized spacial score (nSPS) is 15.0. The van der Waals surface area contributed by atoms with E-state index in [2.05, 4.69) is 5.32 Å². The number of rotatable bonds is 5. The van der Waals surface area contributed by atoms with Crippen molar-refractivity contribution < 1.29 is 14.3 Å². The zero-order valence-corrected chi connectivity index (χ0v) is 12.8. The van der Waals surface area contributed by atoms with Crippen LogP contribution in [-0.4, -0.2) is 23.2 Å². The summed E-state index contributed by atoms with van der Waals surface area (Å²) in [5.74, 6) is -0.477. The van der Waals surface area contributed by atoms with Crippen LogP contribution in [0.15, 0.2) is 24.3 Å². The third-order valence-corrected chi connectivity index (χ3v) is 3.98. The molecule has 0 aliphatic carbocycles. The van der Waals surface area contributed by atoms with Crippen LogP contribution in [0.25, 0.3) is 0 Å². The smallest absolute Gasteiger partial charge is 0.230 e. The molecular formula is C16H24FNO2. The van der Waals surface area contributed by atoms with Crippen LogP contribution < -0.4 is 5.32 Å². The van der Waals surface area contributed by atoms with Gasteiger partial charge < -0.3 is 10.4 Å². The number of nitrogens with one attached hydrogen (secondary N) is 1. The van der Waals surface area contributed by atoms with Gasteiger partial charge in [0.05, 0.1) is 11.0 Å². The number of carbonyl (C=O) groups is 1. The van der Waals surface area contributed by atoms with Gasteiger partial charge in [-0.05, 0) is 44.4 Å². The summed E-state index contributed by atoms with van der Waals surface area (Å²) < 4.78 is 12.9. The Bertz CT molecular complexity index is 464. The van der Waals surface area contributed by atoms with Crippen LogP contribution in [0, 0.1) is 11.7 Å². The summed E-state index contributed by atoms with van der Waals surface area (Å²) in [6, 6.07) is 5.90. The molecule has 1 unspecified atom stereocenters. The molecule has 0 bridgehead atoms. The Balaban J connectivity index is 2.78. The zero-order chi connectivity index (χ0) is 15.6. The minimum atomic E-state index is -0.950. The van der Waals surface area contributed by atoms with Gasteiger partial charge in [0.15, 0.2) is 0 Å². The molecule has 1 amide bonds. The minimum Gasteiger partial charge on any atom is -0.388 e. The van der Waals surface area contributed by atoms with Gasteiger partial charge in [-0.3, -0.25) is 4.79 Å². The zero-order valence-electron chi connectivity index (χ0n) is 12.8. The lowest BCUT2D eigenvalue weighted by atomic mass is 9.83. The maximum Gasteiger partial charge on any atom is 0.230 e. The number of amides is 1. The predicted molar refractivity (Wildman–Crippen MR) is 77.9 cm³/mol. The summed E-state index contributed by atoms with van der Waals surface area (Å²) in [5.41, 5.74) is -0.990. The molecule has 0 aromatic heterocycles. The lowest BCUT2D eigenvalue weighted by Gasteiger charge is -2.31. The average Bonchev–Trinajstić information content (AvgIpc) is 2.36. The van der Waals surface area contributed by atoms with Crippen molar-refractivity contribution in [3.05, 3.63) is 35.6 Å². The van der Waals surface area contributed by atoms with E-state index in [0.29, 0.717) is 0 Å². The third kappa shape index (κ3) is 3.79. The van der Waals surface area contributed by atoms with E-state index >= 15 is 0 Å². The number of benzene rings is 1. The molecule has 2 N–H and O–H groups in total. The van der Waals surface area contributed by atoms with Crippen molar-refractivity contribution in [3.8, 4) is 0 Å². The van der Waals surface area contributed by atoms with Gasteiger partial charge in [0.25, 0.3) is 0 Å². The van der Waals surface area contributed by atoms with Crippen LogP contribution in [0.4, 0.5) is 4.39 Å². The molecule has 112 valence electrons. The van der Waals surface area contributed by atoms with Gasteiger partial charge in [0, 0.05) is 6.54 Å². The van der Waals surface area contributed by atoms with E-state index in [1.165, 1.54) is 12.1 Å². The second-order valence-electron chi connectivity index (χ2n) is 6.33. The second kappa shape index (κ2) is 5.92. The molecule has 4 heteroatoms. The molecule has 1 aromatic carbocycles. The molecule has 0 saturated heterocycles. The lowest BCUT2D eigenvalue weighted by Crippen LogP contribution is -2.49. The van der Waals surface area contributed by atoms with Crippen molar-refractivity contribution in [2.24, 2.45) is 5.92 Å². The summed E-state index contributed by atoms with van der Waals surface area (Å²) in [4.78, 5) is 12.3. The summed E-state index contributed by atoms with van der Waals surface area (Å²) in [6.07, 6.45) is 0. The fourth-order valence-electron chi connectivity index (χ4n) is 1.68. The van der Waals surface area contributed by atoms with E-state index < -0.39 is 11.0 Å². The maximum absolute atomic E-state index is 12.9. The van der Waals surface area contributed by atoms with Gasteiger partial charge in [-0.1, -0.05) is 26.0 Å². The fraction of sp³-hybridized carbons (Fsp3) is 0.562. The van der Waals surface area contributed by atoms with Crippen LogP contribution in [0.2, 0.25) is 0 Å². The molecule has 1 rings (SSSR count). The van der Waals surface area contributed by atoms with E-state index in [9.17, 15) is 14.3 Å². The standard InChI is InChI=1S/C16H24FNO2/c1-11(2)16(5,20)10-18-14(19)15(3,4)12-6-8-13(17)9-7-12/h6-9,11,20H,10H2,1-5H3,(H,18,19). The largest absolute Gasteiger partial charge is 0.388 e. The molecule has 0 saturated carbocycles. The molecule has 0 aliphatic heterocycles. The lowest BCUT2D eigenvalue weighted by molar-refractivity contribution is -0.127. The van der Waals surface area contributed by atoms with Crippen molar-refractivity contribution in [3.63, 3.8) is 0 Å². The number of hydrogen-bond acceptors (Lipinski definition) is 2. The maximum atomic E-state index is 12.9. The first kappa shape index (κ1) is 16.6. The van der Waals surface area contributed by atoms with Gasteiger partial charge in [0.1, 0.15) is 5.82 Å². The first-order valence-electron chi connectivity index (χ1n) is 6.84. The van der Waals surface area contributed by atoms with E-state index in [-0.39, 0.29) is 24.2 Å². The highest BCUT2D eigenvalue weighted by atomic mass is 19.1. The molecule has 0 radical (unpaired) electrons. The monoisotopic (exact) mass is 281 g/mol. The highest BCUT2D eigenvalue weighted by Crippen LogP contribution is 2.24. The van der Waals surface area contributed by atoms with Gasteiger partial charge in [-0.25, -0.2) is 4.39 Å². The summed E-state index contributed by atoms with van der Waals surface area (Å²) in [6.45, 7) is 9.24. The Labute approximate surface area is 120 Å². The average molecular weight is 281 g/mol. The number of halogens is 1. The minimum absolute atomic E-state index is 0.0386. The van der Waals surface area contributed by atoms with E-state index in [4.69, 9.17) is 0 Å². The Morgan fingerprint density at radius 1 is 1.25 bits per heavy atom. The van der Waals surface area contributed by atoms with Crippen LogP contribution >= 0.6 is 0 Å². The van der Waals surface area contributed by atoms with E-state index in [1.807, 2.05) is 13.8 Å². The Morgan fingerprint density at radius 3 is 2.20 bits per heavy atom. The molecule has 0 fully saturated rings. The number of aliphatic hydroxyl groups is 1. The third-order valence-electron chi connectivity index (χ3n) is 3.98. The molecule has 20 heavy (non-hydrogen) atoms. The molecule has 0 spiro atoms. The van der Waals surface area contributed by atoms with Crippen LogP contribution in [-0.2, 0) is 10.2 Å². The van der Waals surface area contributed by atoms with Crippen molar-refractivity contribution in [2.75, 3.05) is 6.54 Å². The molecule has 0 heterocycles. The van der Waals surface area contributed by atoms with Crippen molar-refractivity contribution in [1.82, 2.24) is 5.32 Å². The SMILES string of the molecule is CC(C)C(C)(O)CNC(=O)C(C)(C)c1ccc(F)cc1. The van der Waals surface area contributed by atoms with Crippen LogP contribution in [0.5, 0.6) is 0 Å². The Kier molecular flexibility index (Phi) is 4.92. The summed E-state index contributed by atoms with van der Waals surface area (Å²) in [5, 5.41) is 12.9. The fourth-order valence-corrected chi connectivity index (χ4v) is 1.68. The van der Waals surface area contributed by atoms with Gasteiger partial charge in [0.2, 0.25) is 5.91 Å². The van der Waals surface area contributed by atoms with E-state index in [0.717, 1.165) is 5.56 Å². The molecule has 3 nitrogen and oxygen atoms in total. The van der Waals surface area contributed by atoms with Crippen molar-refractivity contribution in [1.29, 1.82) is 0 Å². The van der Waals surface area contributed by atoms with Gasteiger partial charge in [-0.2, -0.15) is 0 Å². The Hall–Kier alpha value is -1.42. The molecular weight excluding hydrogens is 257 g/mol. The summed E-state index contributed by atoms with van der Waals surface area (Å²) >= 11 is 0. The van der Waals surface area contributed by atoms with Gasteiger partial charge in [-0.15, -0.1) is 0 Å². The van der Waals surface area contributed by atoms with Crippen molar-refractivity contribution in [2.45, 2.75) is 45.6 Å². The highest BCUT2D eigenvalue weighted by Gasteiger charge is 2.32. The first-order chi connectivity index (χ1) is 9.07. The van der Waals surface area contributed by atoms with Crippen molar-refractivity contribution >= 4 is 5.91 Å². The van der Waals surface area contributed by atoms with Gasteiger partial charge >= 0.3 is 0 Å². The topological polar surface area (TPSA) is 49.3 Å². The molecule has 1 atom stereocenters. The molecule has 0 aliphatic rings. The van der Waals surface area contributed by atoms with E-state index in [1.54, 1.807) is 32.9 Å². The quantitative estimate of drug-likeness (QED) is 0.871. The first-order valence-corrected chi connectivity index (χ1v) is 6.84. The number of carbonyl (C=O) groups excluding carboxylic acids is 1. The summed E-state index contributed by atoms with van der Waals surface area (Å²) in [7, 11) is 0.